The van der Waals surface area contributed by atoms with Crippen molar-refractivity contribution in [3.63, 3.8) is 0 Å². The Morgan fingerprint density at radius 1 is 1.30 bits per heavy atom. The van der Waals surface area contributed by atoms with Crippen molar-refractivity contribution in [2.45, 2.75) is 32.4 Å². The third-order valence-corrected chi connectivity index (χ3v) is 3.37. The van der Waals surface area contributed by atoms with Crippen LogP contribution in [0.3, 0.4) is 0 Å². The highest BCUT2D eigenvalue weighted by Crippen LogP contribution is 2.17. The molecular weight excluding hydrogens is 252 g/mol. The second-order valence-electron chi connectivity index (χ2n) is 5.01. The predicted molar refractivity (Wildman–Crippen MR) is 78.8 cm³/mol. The van der Waals surface area contributed by atoms with E-state index in [-0.39, 0.29) is 6.04 Å². The van der Waals surface area contributed by atoms with Crippen molar-refractivity contribution in [2.75, 3.05) is 0 Å². The van der Waals surface area contributed by atoms with Crippen molar-refractivity contribution in [1.82, 2.24) is 4.57 Å². The van der Waals surface area contributed by atoms with Crippen LogP contribution in [0.4, 0.5) is 0 Å². The van der Waals surface area contributed by atoms with Gasteiger partial charge in [0.1, 0.15) is 0 Å². The summed E-state index contributed by atoms with van der Waals surface area (Å²) in [5.74, 6) is -0.898. The van der Waals surface area contributed by atoms with Gasteiger partial charge in [-0.2, -0.15) is 0 Å². The molecule has 2 aromatic rings. The Kier molecular flexibility index (Phi) is 4.58. The van der Waals surface area contributed by atoms with E-state index in [1.54, 1.807) is 12.1 Å². The van der Waals surface area contributed by atoms with E-state index >= 15 is 0 Å². The third kappa shape index (κ3) is 3.48. The van der Waals surface area contributed by atoms with Crippen LogP contribution in [0.1, 0.15) is 47.3 Å². The van der Waals surface area contributed by atoms with Gasteiger partial charge in [0.2, 0.25) is 0 Å². The number of hydrogen-bond acceptors (Lipinski definition) is 2. The first-order valence-corrected chi connectivity index (χ1v) is 6.83. The number of carboxylic acid groups (broad SMARTS) is 1. The molecule has 0 saturated heterocycles. The molecule has 20 heavy (non-hydrogen) atoms. The van der Waals surface area contributed by atoms with Crippen molar-refractivity contribution < 1.29 is 9.90 Å². The third-order valence-electron chi connectivity index (χ3n) is 3.37. The molecule has 0 fully saturated rings. The first kappa shape index (κ1) is 14.3. The van der Waals surface area contributed by atoms with Gasteiger partial charge in [0, 0.05) is 25.0 Å². The SMILES string of the molecule is CCCC(N)c1ccn(Cc2ccc(C(=O)O)cc2)c1. The summed E-state index contributed by atoms with van der Waals surface area (Å²) in [6.45, 7) is 2.85. The minimum Gasteiger partial charge on any atom is -0.478 e. The van der Waals surface area contributed by atoms with E-state index in [9.17, 15) is 4.79 Å². The van der Waals surface area contributed by atoms with E-state index < -0.39 is 5.97 Å². The van der Waals surface area contributed by atoms with Crippen LogP contribution in [0.5, 0.6) is 0 Å². The van der Waals surface area contributed by atoms with E-state index in [0.717, 1.165) is 30.5 Å². The zero-order valence-corrected chi connectivity index (χ0v) is 11.6. The van der Waals surface area contributed by atoms with Gasteiger partial charge in [-0.05, 0) is 35.7 Å². The van der Waals surface area contributed by atoms with Gasteiger partial charge in [-0.15, -0.1) is 0 Å². The van der Waals surface area contributed by atoms with Crippen LogP contribution >= 0.6 is 0 Å². The van der Waals surface area contributed by atoms with Crippen LogP contribution in [0.15, 0.2) is 42.7 Å². The summed E-state index contributed by atoms with van der Waals surface area (Å²) in [4.78, 5) is 10.8. The number of carbonyl (C=O) groups is 1. The predicted octanol–water partition coefficient (Wildman–Crippen LogP) is 3.03. The minimum atomic E-state index is -0.898. The molecule has 2 rings (SSSR count). The molecule has 4 nitrogen and oxygen atoms in total. The van der Waals surface area contributed by atoms with Gasteiger partial charge < -0.3 is 15.4 Å². The molecule has 0 aliphatic rings. The highest BCUT2D eigenvalue weighted by molar-refractivity contribution is 5.87. The Morgan fingerprint density at radius 2 is 2.00 bits per heavy atom. The first-order valence-electron chi connectivity index (χ1n) is 6.83. The maximum absolute atomic E-state index is 10.8. The summed E-state index contributed by atoms with van der Waals surface area (Å²) in [5, 5.41) is 8.86. The van der Waals surface area contributed by atoms with Gasteiger partial charge in [-0.1, -0.05) is 25.5 Å². The largest absolute Gasteiger partial charge is 0.478 e. The molecule has 0 spiro atoms. The molecular formula is C16H20N2O2. The fourth-order valence-corrected chi connectivity index (χ4v) is 2.22. The fraction of sp³-hybridized carbons (Fsp3) is 0.312. The lowest BCUT2D eigenvalue weighted by Gasteiger charge is -2.08. The molecule has 0 amide bonds. The van der Waals surface area contributed by atoms with E-state index in [4.69, 9.17) is 10.8 Å². The summed E-state index contributed by atoms with van der Waals surface area (Å²) in [7, 11) is 0. The van der Waals surface area contributed by atoms with Crippen LogP contribution in [0, 0.1) is 0 Å². The van der Waals surface area contributed by atoms with Crippen LogP contribution in [-0.2, 0) is 6.54 Å². The van der Waals surface area contributed by atoms with Crippen molar-refractivity contribution >= 4 is 5.97 Å². The number of hydrogen-bond donors (Lipinski definition) is 2. The Hall–Kier alpha value is -2.07. The topological polar surface area (TPSA) is 68.2 Å². The number of nitrogens with zero attached hydrogens (tertiary/aromatic N) is 1. The molecule has 0 radical (unpaired) electrons. The average molecular weight is 272 g/mol. The second-order valence-corrected chi connectivity index (χ2v) is 5.01. The number of nitrogens with two attached hydrogens (primary N) is 1. The van der Waals surface area contributed by atoms with Gasteiger partial charge in [0.15, 0.2) is 0 Å². The number of carboxylic acids is 1. The minimum absolute atomic E-state index is 0.0932. The van der Waals surface area contributed by atoms with Crippen LogP contribution in [-0.4, -0.2) is 15.6 Å². The Bertz CT molecular complexity index is 572. The van der Waals surface area contributed by atoms with Gasteiger partial charge >= 0.3 is 5.97 Å². The molecule has 1 unspecified atom stereocenters. The van der Waals surface area contributed by atoms with E-state index in [2.05, 4.69) is 17.7 Å². The maximum atomic E-state index is 10.8. The summed E-state index contributed by atoms with van der Waals surface area (Å²) in [6.07, 6.45) is 6.13. The van der Waals surface area contributed by atoms with Gasteiger partial charge in [0.05, 0.1) is 5.56 Å². The van der Waals surface area contributed by atoms with Crippen LogP contribution in [0.25, 0.3) is 0 Å². The summed E-state index contributed by atoms with van der Waals surface area (Å²) in [5.41, 5.74) is 8.62. The van der Waals surface area contributed by atoms with Crippen molar-refractivity contribution in [3.8, 4) is 0 Å². The van der Waals surface area contributed by atoms with Crippen LogP contribution in [0.2, 0.25) is 0 Å². The molecule has 4 heteroatoms. The Morgan fingerprint density at radius 3 is 2.60 bits per heavy atom. The van der Waals surface area contributed by atoms with E-state index in [1.807, 2.05) is 24.4 Å². The molecule has 0 aliphatic carbocycles. The molecule has 106 valence electrons. The number of rotatable bonds is 6. The summed E-state index contributed by atoms with van der Waals surface area (Å²) < 4.78 is 2.07. The molecule has 1 aromatic carbocycles. The van der Waals surface area contributed by atoms with E-state index in [0.29, 0.717) is 5.56 Å². The quantitative estimate of drug-likeness (QED) is 0.849. The molecule has 3 N–H and O–H groups in total. The lowest BCUT2D eigenvalue weighted by atomic mass is 10.1. The lowest BCUT2D eigenvalue weighted by molar-refractivity contribution is 0.0697. The zero-order valence-electron chi connectivity index (χ0n) is 11.6. The molecule has 0 saturated carbocycles. The number of aromatic carboxylic acids is 1. The molecule has 0 aliphatic heterocycles. The Labute approximate surface area is 118 Å². The van der Waals surface area contributed by atoms with Gasteiger partial charge in [-0.3, -0.25) is 0 Å². The highest BCUT2D eigenvalue weighted by atomic mass is 16.4. The van der Waals surface area contributed by atoms with Crippen molar-refractivity contribution in [1.29, 1.82) is 0 Å². The second kappa shape index (κ2) is 6.39. The van der Waals surface area contributed by atoms with E-state index in [1.165, 1.54) is 0 Å². The lowest BCUT2D eigenvalue weighted by Crippen LogP contribution is -2.08. The normalized spacial score (nSPS) is 12.3. The molecule has 1 atom stereocenters. The standard InChI is InChI=1S/C16H20N2O2/c1-2-3-15(17)14-8-9-18(11-14)10-12-4-6-13(7-5-12)16(19)20/h4-9,11,15H,2-3,10,17H2,1H3,(H,19,20). The van der Waals surface area contributed by atoms with Crippen molar-refractivity contribution in [2.24, 2.45) is 5.73 Å². The molecule has 0 bridgehead atoms. The number of benzene rings is 1. The van der Waals surface area contributed by atoms with Crippen molar-refractivity contribution in [3.05, 3.63) is 59.4 Å². The number of aromatic nitrogens is 1. The fourth-order valence-electron chi connectivity index (χ4n) is 2.22. The first-order chi connectivity index (χ1) is 9.60. The molecule has 1 heterocycles. The highest BCUT2D eigenvalue weighted by Gasteiger charge is 2.07. The van der Waals surface area contributed by atoms with Gasteiger partial charge in [-0.25, -0.2) is 4.79 Å². The molecule has 1 aromatic heterocycles. The zero-order chi connectivity index (χ0) is 14.5. The summed E-state index contributed by atoms with van der Waals surface area (Å²) in [6, 6.07) is 9.09. The maximum Gasteiger partial charge on any atom is 0.335 e. The smallest absolute Gasteiger partial charge is 0.335 e. The monoisotopic (exact) mass is 272 g/mol. The Balaban J connectivity index is 2.04. The van der Waals surface area contributed by atoms with Crippen LogP contribution < -0.4 is 5.73 Å². The average Bonchev–Trinajstić information content (AvgIpc) is 2.88. The van der Waals surface area contributed by atoms with Gasteiger partial charge in [0.25, 0.3) is 0 Å². The summed E-state index contributed by atoms with van der Waals surface area (Å²) >= 11 is 0.